The van der Waals surface area contributed by atoms with E-state index < -0.39 is 10.7 Å². The Morgan fingerprint density at radius 3 is 2.97 bits per heavy atom. The van der Waals surface area contributed by atoms with E-state index in [9.17, 15) is 14.9 Å². The fourth-order valence-corrected chi connectivity index (χ4v) is 5.73. The van der Waals surface area contributed by atoms with Gasteiger partial charge >= 0.3 is 11.8 Å². The molecule has 3 heterocycles. The number of unbranched alkanes of at least 4 members (excludes halogenated alkanes) is 1. The molecule has 3 unspecified atom stereocenters. The van der Waals surface area contributed by atoms with E-state index in [0.717, 1.165) is 31.0 Å². The summed E-state index contributed by atoms with van der Waals surface area (Å²) < 4.78 is 21.2. The fourth-order valence-electron chi connectivity index (χ4n) is 4.33. The number of halogens is 3. The van der Waals surface area contributed by atoms with Crippen molar-refractivity contribution in [3.05, 3.63) is 30.0 Å². The van der Waals surface area contributed by atoms with Gasteiger partial charge in [0.25, 0.3) is 0 Å². The first kappa shape index (κ1) is 23.7. The highest BCUT2D eigenvalue weighted by Crippen LogP contribution is 2.47. The van der Waals surface area contributed by atoms with Crippen molar-refractivity contribution < 1.29 is 18.8 Å². The third kappa shape index (κ3) is 4.02. The Balaban J connectivity index is 1.71. The van der Waals surface area contributed by atoms with Crippen molar-refractivity contribution in [3.8, 4) is 0 Å². The number of amides is 1. The van der Waals surface area contributed by atoms with Gasteiger partial charge in [-0.1, -0.05) is 13.3 Å². The molecule has 2 aromatic rings. The van der Waals surface area contributed by atoms with E-state index in [1.165, 1.54) is 0 Å². The van der Waals surface area contributed by atoms with Crippen molar-refractivity contribution in [1.29, 1.82) is 0 Å². The second-order valence-corrected chi connectivity index (χ2v) is 10.6. The monoisotopic (exact) mass is 638 g/mol. The number of carbonyl (C=O) groups is 1. The van der Waals surface area contributed by atoms with Crippen LogP contribution in [0.4, 0.5) is 20.6 Å². The highest BCUT2D eigenvalue weighted by atomic mass is 127. The summed E-state index contributed by atoms with van der Waals surface area (Å²) in [6.07, 6.45) is 3.88. The van der Waals surface area contributed by atoms with Gasteiger partial charge in [0.1, 0.15) is 11.2 Å². The van der Waals surface area contributed by atoms with Crippen molar-refractivity contribution in [2.75, 3.05) is 24.7 Å². The molecular weight excluding hydrogens is 618 g/mol. The van der Waals surface area contributed by atoms with Crippen molar-refractivity contribution in [2.24, 2.45) is 5.92 Å². The van der Waals surface area contributed by atoms with E-state index in [-0.39, 0.29) is 50.5 Å². The molecule has 5 rings (SSSR count). The molecule has 3 aliphatic rings. The Bertz CT molecular complexity index is 1110. The minimum Gasteiger partial charge on any atom is -0.449 e. The van der Waals surface area contributed by atoms with Crippen molar-refractivity contribution >= 4 is 78.7 Å². The predicted octanol–water partition coefficient (Wildman–Crippen LogP) is 5.79. The third-order valence-electron chi connectivity index (χ3n) is 6.00. The number of thioether (sulfide) groups is 1. The van der Waals surface area contributed by atoms with Crippen LogP contribution >= 0.6 is 50.3 Å². The summed E-state index contributed by atoms with van der Waals surface area (Å²) in [5, 5.41) is 15.8. The molecule has 1 amide bonds. The number of ether oxygens (including phenoxy) is 1. The van der Waals surface area contributed by atoms with Gasteiger partial charge in [-0.15, -0.1) is 11.8 Å². The van der Waals surface area contributed by atoms with E-state index in [4.69, 9.17) is 4.74 Å². The van der Waals surface area contributed by atoms with Gasteiger partial charge in [0, 0.05) is 21.4 Å². The van der Waals surface area contributed by atoms with Crippen LogP contribution in [0.15, 0.2) is 15.6 Å². The van der Waals surface area contributed by atoms with Gasteiger partial charge in [-0.05, 0) is 63.7 Å². The zero-order valence-electron chi connectivity index (χ0n) is 17.4. The Hall–Kier alpha value is -1.41. The Kier molecular flexibility index (Phi) is 7.01. The van der Waals surface area contributed by atoms with Gasteiger partial charge < -0.3 is 15.0 Å². The van der Waals surface area contributed by atoms with Crippen LogP contribution in [0.25, 0.3) is 10.9 Å². The Morgan fingerprint density at radius 1 is 1.56 bits per heavy atom. The lowest BCUT2D eigenvalue weighted by atomic mass is 9.79. The lowest BCUT2D eigenvalue weighted by Gasteiger charge is -2.37. The number of fused-ring (bicyclic) bond motifs is 2. The summed E-state index contributed by atoms with van der Waals surface area (Å²) in [4.78, 5) is 29.9. The van der Waals surface area contributed by atoms with Crippen molar-refractivity contribution in [1.82, 2.24) is 9.88 Å². The van der Waals surface area contributed by atoms with Crippen LogP contribution in [0.3, 0.4) is 0 Å². The van der Waals surface area contributed by atoms with E-state index in [0.29, 0.717) is 22.1 Å². The van der Waals surface area contributed by atoms with Crippen molar-refractivity contribution in [3.63, 3.8) is 0 Å². The van der Waals surface area contributed by atoms with Gasteiger partial charge in [0.15, 0.2) is 10.8 Å². The number of rotatable bonds is 7. The van der Waals surface area contributed by atoms with Crippen LogP contribution < -0.4 is 5.32 Å². The van der Waals surface area contributed by atoms with Crippen LogP contribution in [0.5, 0.6) is 0 Å². The maximum Gasteiger partial charge on any atom is 0.410 e. The number of aromatic nitrogens is 1. The average Bonchev–Trinajstić information content (AvgIpc) is 3.35. The van der Waals surface area contributed by atoms with Crippen LogP contribution in [-0.4, -0.2) is 52.4 Å². The fraction of sp³-hybridized carbons (Fsp3) is 0.500. The summed E-state index contributed by atoms with van der Waals surface area (Å²) in [7, 11) is 0. The minimum atomic E-state index is -0.558. The number of carbonyl (C=O) groups excluding carboxylic acids is 1. The molecule has 0 radical (unpaired) electrons. The van der Waals surface area contributed by atoms with E-state index in [2.05, 4.69) is 26.2 Å². The molecule has 3 atom stereocenters. The van der Waals surface area contributed by atoms with Crippen LogP contribution in [0, 0.1) is 25.4 Å². The molecule has 32 heavy (non-hydrogen) atoms. The van der Waals surface area contributed by atoms with Crippen LogP contribution in [-0.2, 0) is 4.74 Å². The third-order valence-corrected chi connectivity index (χ3v) is 9.04. The lowest BCUT2D eigenvalue weighted by molar-refractivity contribution is -0.387. The normalized spacial score (nSPS) is 21.5. The number of hydrogen-bond donors (Lipinski definition) is 1. The smallest absolute Gasteiger partial charge is 0.410 e. The molecule has 12 heteroatoms. The average molecular weight is 639 g/mol. The summed E-state index contributed by atoms with van der Waals surface area (Å²) in [5.74, 6) is -0.406. The largest absolute Gasteiger partial charge is 0.449 e. The lowest BCUT2D eigenvalue weighted by Crippen LogP contribution is -2.50. The molecule has 3 fully saturated rings. The van der Waals surface area contributed by atoms with Gasteiger partial charge in [0.05, 0.1) is 28.1 Å². The topological polar surface area (TPSA) is 97.6 Å². The molecular formula is C20H21BrFIN4O4S. The Morgan fingerprint density at radius 2 is 2.31 bits per heavy atom. The number of benzene rings is 1. The predicted molar refractivity (Wildman–Crippen MR) is 133 cm³/mol. The number of nitrogens with one attached hydrogen (secondary N) is 1. The molecule has 0 spiro atoms. The molecule has 2 aliphatic heterocycles. The highest BCUT2D eigenvalue weighted by molar-refractivity contribution is 14.1. The molecule has 172 valence electrons. The van der Waals surface area contributed by atoms with Gasteiger partial charge in [-0.3, -0.25) is 10.1 Å². The van der Waals surface area contributed by atoms with Crippen LogP contribution in [0.1, 0.15) is 26.2 Å². The molecule has 2 saturated heterocycles. The Labute approximate surface area is 210 Å². The standard InChI is InChI=1S/C20H21BrFIN4O4S/c1-3-4-5-31-20(28)26-8-9-6-12(26)15(9)24-17-10-7-11(23)13(21)14(22)16(10)25-19(32-2)18(17)27(29)30/h7,9,12,15H,3-6,8H2,1-2H3,(H,24,25). The molecule has 2 bridgehead atoms. The van der Waals surface area contributed by atoms with Gasteiger partial charge in [0.2, 0.25) is 0 Å². The highest BCUT2D eigenvalue weighted by Gasteiger charge is 2.55. The number of hydrogen-bond acceptors (Lipinski definition) is 7. The van der Waals surface area contributed by atoms with E-state index in [1.807, 2.05) is 29.5 Å². The van der Waals surface area contributed by atoms with E-state index in [1.54, 1.807) is 17.2 Å². The number of nitrogens with zero attached hydrogens (tertiary/aromatic N) is 3. The van der Waals surface area contributed by atoms with Crippen LogP contribution in [0.2, 0.25) is 0 Å². The maximum atomic E-state index is 15.0. The van der Waals surface area contributed by atoms with Gasteiger partial charge in [-0.25, -0.2) is 14.2 Å². The first-order valence-corrected chi connectivity index (χ1v) is 13.3. The molecule has 1 N–H and O–H groups in total. The zero-order valence-corrected chi connectivity index (χ0v) is 21.9. The summed E-state index contributed by atoms with van der Waals surface area (Å²) in [6.45, 7) is 2.94. The molecule has 1 aromatic carbocycles. The number of anilines is 1. The zero-order chi connectivity index (χ0) is 23.2. The SMILES string of the molecule is CCCCOC(=O)N1CC2CC1C2Nc1c([N+](=O)[O-])c(SC)nc2c(F)c(Br)c(I)cc12. The number of nitro groups is 1. The first-order chi connectivity index (χ1) is 15.3. The van der Waals surface area contributed by atoms with Gasteiger partial charge in [-0.2, -0.15) is 0 Å². The number of pyridine rings is 1. The maximum absolute atomic E-state index is 15.0. The minimum absolute atomic E-state index is 0.0669. The summed E-state index contributed by atoms with van der Waals surface area (Å²) >= 11 is 6.31. The van der Waals surface area contributed by atoms with Crippen molar-refractivity contribution in [2.45, 2.75) is 43.3 Å². The second kappa shape index (κ2) is 9.45. The second-order valence-electron chi connectivity index (χ2n) is 7.84. The molecule has 8 nitrogen and oxygen atoms in total. The molecule has 1 saturated carbocycles. The molecule has 1 aliphatic carbocycles. The van der Waals surface area contributed by atoms with E-state index >= 15 is 4.39 Å². The quantitative estimate of drug-likeness (QED) is 0.102. The molecule has 1 aromatic heterocycles. The summed E-state index contributed by atoms with van der Waals surface area (Å²) in [5.41, 5.74) is 0.137. The first-order valence-electron chi connectivity index (χ1n) is 10.2. The summed E-state index contributed by atoms with van der Waals surface area (Å²) in [6, 6.07) is 1.40.